The van der Waals surface area contributed by atoms with Gasteiger partial charge in [0.25, 0.3) is 0 Å². The Labute approximate surface area is 102 Å². The number of rotatable bonds is 6. The SMILES string of the molecule is CC(CCO)CNc1ncnc(N)c1C(C)C. The van der Waals surface area contributed by atoms with Crippen molar-refractivity contribution in [1.29, 1.82) is 0 Å². The third kappa shape index (κ3) is 3.85. The lowest BCUT2D eigenvalue weighted by Gasteiger charge is -2.17. The van der Waals surface area contributed by atoms with Crippen LogP contribution >= 0.6 is 0 Å². The maximum absolute atomic E-state index is 8.85. The molecular weight excluding hydrogens is 216 g/mol. The van der Waals surface area contributed by atoms with E-state index < -0.39 is 0 Å². The summed E-state index contributed by atoms with van der Waals surface area (Å²) in [6.07, 6.45) is 2.25. The molecule has 0 saturated carbocycles. The van der Waals surface area contributed by atoms with E-state index in [1.165, 1.54) is 6.33 Å². The van der Waals surface area contributed by atoms with Crippen molar-refractivity contribution in [3.8, 4) is 0 Å². The second kappa shape index (κ2) is 6.39. The first-order valence-electron chi connectivity index (χ1n) is 6.01. The second-order valence-corrected chi connectivity index (χ2v) is 4.67. The Hall–Kier alpha value is -1.36. The molecule has 5 nitrogen and oxygen atoms in total. The van der Waals surface area contributed by atoms with Gasteiger partial charge in [0.2, 0.25) is 0 Å². The van der Waals surface area contributed by atoms with Crippen molar-refractivity contribution in [2.45, 2.75) is 33.1 Å². The molecule has 0 fully saturated rings. The molecule has 0 aromatic carbocycles. The lowest BCUT2D eigenvalue weighted by Crippen LogP contribution is -2.16. The van der Waals surface area contributed by atoms with Crippen molar-refractivity contribution in [2.75, 3.05) is 24.2 Å². The zero-order valence-corrected chi connectivity index (χ0v) is 10.8. The maximum Gasteiger partial charge on any atom is 0.134 e. The Morgan fingerprint density at radius 3 is 2.65 bits per heavy atom. The summed E-state index contributed by atoms with van der Waals surface area (Å²) in [4.78, 5) is 8.24. The molecule has 0 radical (unpaired) electrons. The van der Waals surface area contributed by atoms with Gasteiger partial charge in [-0.2, -0.15) is 0 Å². The van der Waals surface area contributed by atoms with E-state index >= 15 is 0 Å². The number of aliphatic hydroxyl groups is 1. The number of nitrogen functional groups attached to an aromatic ring is 1. The number of hydrogen-bond acceptors (Lipinski definition) is 5. The van der Waals surface area contributed by atoms with Gasteiger partial charge >= 0.3 is 0 Å². The Morgan fingerprint density at radius 2 is 2.06 bits per heavy atom. The Balaban J connectivity index is 2.73. The van der Waals surface area contributed by atoms with Crippen molar-refractivity contribution in [2.24, 2.45) is 5.92 Å². The van der Waals surface area contributed by atoms with Crippen LogP contribution in [0.5, 0.6) is 0 Å². The largest absolute Gasteiger partial charge is 0.396 e. The van der Waals surface area contributed by atoms with Gasteiger partial charge in [-0.05, 0) is 18.3 Å². The number of aromatic nitrogens is 2. The fourth-order valence-electron chi connectivity index (χ4n) is 1.71. The summed E-state index contributed by atoms with van der Waals surface area (Å²) in [5, 5.41) is 12.1. The van der Waals surface area contributed by atoms with Gasteiger partial charge in [-0.15, -0.1) is 0 Å². The first-order chi connectivity index (χ1) is 8.06. The normalized spacial score (nSPS) is 12.8. The standard InChI is InChI=1S/C12H22N4O/c1-8(2)10-11(13)15-7-16-12(10)14-6-9(3)4-5-17/h7-9,17H,4-6H2,1-3H3,(H3,13,14,15,16). The quantitative estimate of drug-likeness (QED) is 0.701. The molecule has 1 unspecified atom stereocenters. The van der Waals surface area contributed by atoms with E-state index in [-0.39, 0.29) is 12.5 Å². The Kier molecular flexibility index (Phi) is 5.15. The summed E-state index contributed by atoms with van der Waals surface area (Å²) in [5.41, 5.74) is 6.82. The molecule has 1 aromatic heterocycles. The number of nitrogens with two attached hydrogens (primary N) is 1. The number of nitrogens with zero attached hydrogens (tertiary/aromatic N) is 2. The molecule has 0 bridgehead atoms. The minimum absolute atomic E-state index is 0.214. The van der Waals surface area contributed by atoms with E-state index in [4.69, 9.17) is 10.8 Å². The van der Waals surface area contributed by atoms with E-state index in [0.717, 1.165) is 24.3 Å². The van der Waals surface area contributed by atoms with Gasteiger partial charge < -0.3 is 16.2 Å². The molecule has 0 aliphatic heterocycles. The summed E-state index contributed by atoms with van der Waals surface area (Å²) in [5.74, 6) is 2.02. The zero-order chi connectivity index (χ0) is 12.8. The molecule has 1 rings (SSSR count). The second-order valence-electron chi connectivity index (χ2n) is 4.67. The topological polar surface area (TPSA) is 84.1 Å². The van der Waals surface area contributed by atoms with Gasteiger partial charge in [0.1, 0.15) is 18.0 Å². The first-order valence-corrected chi connectivity index (χ1v) is 6.01. The summed E-state index contributed by atoms with van der Waals surface area (Å²) in [6, 6.07) is 0. The predicted molar refractivity (Wildman–Crippen MR) is 69.9 cm³/mol. The van der Waals surface area contributed by atoms with Gasteiger partial charge in [0, 0.05) is 18.7 Å². The van der Waals surface area contributed by atoms with Crippen LogP contribution in [-0.4, -0.2) is 28.2 Å². The average molecular weight is 238 g/mol. The van der Waals surface area contributed by atoms with Crippen LogP contribution in [0.1, 0.15) is 38.7 Å². The molecule has 0 aliphatic rings. The molecule has 0 amide bonds. The van der Waals surface area contributed by atoms with Gasteiger partial charge in [-0.25, -0.2) is 9.97 Å². The van der Waals surface area contributed by atoms with Gasteiger partial charge in [-0.3, -0.25) is 0 Å². The van der Waals surface area contributed by atoms with Gasteiger partial charge in [0.15, 0.2) is 0 Å². The highest BCUT2D eigenvalue weighted by Crippen LogP contribution is 2.26. The number of anilines is 2. The van der Waals surface area contributed by atoms with Crippen molar-refractivity contribution >= 4 is 11.6 Å². The zero-order valence-electron chi connectivity index (χ0n) is 10.8. The highest BCUT2D eigenvalue weighted by molar-refractivity contribution is 5.56. The minimum Gasteiger partial charge on any atom is -0.396 e. The Morgan fingerprint density at radius 1 is 1.35 bits per heavy atom. The Bertz CT molecular complexity index is 354. The fourth-order valence-corrected chi connectivity index (χ4v) is 1.71. The maximum atomic E-state index is 8.85. The predicted octanol–water partition coefficient (Wildman–Crippen LogP) is 1.61. The van der Waals surface area contributed by atoms with Crippen LogP contribution in [0.25, 0.3) is 0 Å². The van der Waals surface area contributed by atoms with Crippen LogP contribution in [0.4, 0.5) is 11.6 Å². The number of aliphatic hydroxyl groups excluding tert-OH is 1. The molecule has 1 atom stereocenters. The summed E-state index contributed by atoms with van der Waals surface area (Å²) in [7, 11) is 0. The van der Waals surface area contributed by atoms with Crippen LogP contribution in [0, 0.1) is 5.92 Å². The molecule has 17 heavy (non-hydrogen) atoms. The van der Waals surface area contributed by atoms with Gasteiger partial charge in [0.05, 0.1) is 0 Å². The monoisotopic (exact) mass is 238 g/mol. The van der Waals surface area contributed by atoms with Gasteiger partial charge in [-0.1, -0.05) is 20.8 Å². The van der Waals surface area contributed by atoms with Crippen molar-refractivity contribution in [3.05, 3.63) is 11.9 Å². The molecule has 4 N–H and O–H groups in total. The smallest absolute Gasteiger partial charge is 0.134 e. The van der Waals surface area contributed by atoms with E-state index in [0.29, 0.717) is 11.7 Å². The molecule has 0 spiro atoms. The highest BCUT2D eigenvalue weighted by atomic mass is 16.3. The molecular formula is C12H22N4O. The van der Waals surface area contributed by atoms with Crippen LogP contribution in [-0.2, 0) is 0 Å². The number of nitrogens with one attached hydrogen (secondary N) is 1. The molecule has 0 aliphatic carbocycles. The van der Waals surface area contributed by atoms with Crippen LogP contribution in [0.3, 0.4) is 0 Å². The first kappa shape index (κ1) is 13.7. The molecule has 1 heterocycles. The number of hydrogen-bond donors (Lipinski definition) is 3. The van der Waals surface area contributed by atoms with Crippen LogP contribution in [0.15, 0.2) is 6.33 Å². The summed E-state index contributed by atoms with van der Waals surface area (Å²) < 4.78 is 0. The molecule has 0 saturated heterocycles. The summed E-state index contributed by atoms with van der Waals surface area (Å²) >= 11 is 0. The molecule has 5 heteroatoms. The minimum atomic E-state index is 0.214. The van der Waals surface area contributed by atoms with Crippen molar-refractivity contribution in [3.63, 3.8) is 0 Å². The van der Waals surface area contributed by atoms with E-state index in [1.54, 1.807) is 0 Å². The lowest BCUT2D eigenvalue weighted by atomic mass is 10.0. The van der Waals surface area contributed by atoms with E-state index in [1.807, 2.05) is 0 Å². The van der Waals surface area contributed by atoms with Crippen molar-refractivity contribution < 1.29 is 5.11 Å². The lowest BCUT2D eigenvalue weighted by molar-refractivity contribution is 0.266. The van der Waals surface area contributed by atoms with Crippen LogP contribution < -0.4 is 11.1 Å². The third-order valence-electron chi connectivity index (χ3n) is 2.73. The highest BCUT2D eigenvalue weighted by Gasteiger charge is 2.13. The average Bonchev–Trinajstić information content (AvgIpc) is 2.26. The third-order valence-corrected chi connectivity index (χ3v) is 2.73. The molecule has 1 aromatic rings. The fraction of sp³-hybridized carbons (Fsp3) is 0.667. The van der Waals surface area contributed by atoms with E-state index in [9.17, 15) is 0 Å². The van der Waals surface area contributed by atoms with E-state index in [2.05, 4.69) is 36.1 Å². The molecule has 96 valence electrons. The van der Waals surface area contributed by atoms with Crippen LogP contribution in [0.2, 0.25) is 0 Å². The summed E-state index contributed by atoms with van der Waals surface area (Å²) in [6.45, 7) is 7.21. The van der Waals surface area contributed by atoms with Crippen molar-refractivity contribution in [1.82, 2.24) is 9.97 Å².